The van der Waals surface area contributed by atoms with Crippen LogP contribution in [0.2, 0.25) is 0 Å². The van der Waals surface area contributed by atoms with Gasteiger partial charge in [-0.25, -0.2) is 4.98 Å². The Kier molecular flexibility index (Phi) is 2.49. The highest BCUT2D eigenvalue weighted by Gasteiger charge is 2.08. The molecule has 0 fully saturated rings. The van der Waals surface area contributed by atoms with Crippen LogP contribution >= 0.6 is 0 Å². The Morgan fingerprint density at radius 1 is 1.06 bits per heavy atom. The summed E-state index contributed by atoms with van der Waals surface area (Å²) in [6.45, 7) is 0. The Hall–Kier alpha value is -2.69. The largest absolute Gasteiger partial charge is 0.399 e. The second-order valence-corrected chi connectivity index (χ2v) is 3.83. The van der Waals surface area contributed by atoms with Crippen LogP contribution in [0.1, 0.15) is 0 Å². The van der Waals surface area contributed by atoms with E-state index in [1.54, 1.807) is 12.4 Å². The highest BCUT2D eigenvalue weighted by molar-refractivity contribution is 5.62. The van der Waals surface area contributed by atoms with Crippen LogP contribution in [-0.2, 0) is 0 Å². The molecule has 2 N–H and O–H groups in total. The van der Waals surface area contributed by atoms with E-state index in [2.05, 4.69) is 15.2 Å². The number of nitrogen functional groups attached to an aromatic ring is 1. The summed E-state index contributed by atoms with van der Waals surface area (Å²) in [5, 5.41) is 7.94. The summed E-state index contributed by atoms with van der Waals surface area (Å²) >= 11 is 0. The first-order valence-corrected chi connectivity index (χ1v) is 5.52. The van der Waals surface area contributed by atoms with Gasteiger partial charge in [0.05, 0.1) is 0 Å². The van der Waals surface area contributed by atoms with E-state index in [0.29, 0.717) is 5.69 Å². The average Bonchev–Trinajstić information content (AvgIpc) is 2.89. The zero-order valence-corrected chi connectivity index (χ0v) is 9.56. The number of hydrogen-bond donors (Lipinski definition) is 1. The van der Waals surface area contributed by atoms with Crippen LogP contribution in [0.4, 0.5) is 5.69 Å². The Morgan fingerprint density at radius 2 is 2.00 bits per heavy atom. The second-order valence-electron chi connectivity index (χ2n) is 3.83. The van der Waals surface area contributed by atoms with Crippen molar-refractivity contribution in [3.05, 3.63) is 55.0 Å². The van der Waals surface area contributed by atoms with E-state index >= 15 is 0 Å². The highest BCUT2D eigenvalue weighted by atomic mass is 15.2. The maximum Gasteiger partial charge on any atom is 0.160 e. The maximum absolute atomic E-state index is 5.79. The summed E-state index contributed by atoms with van der Waals surface area (Å²) in [4.78, 5) is 4.34. The first kappa shape index (κ1) is 10.5. The van der Waals surface area contributed by atoms with Gasteiger partial charge in [-0.3, -0.25) is 4.57 Å². The van der Waals surface area contributed by atoms with Crippen LogP contribution in [0.15, 0.2) is 55.0 Å². The minimum atomic E-state index is 0.709. The van der Waals surface area contributed by atoms with E-state index < -0.39 is 0 Å². The van der Waals surface area contributed by atoms with E-state index in [9.17, 15) is 0 Å². The lowest BCUT2D eigenvalue weighted by molar-refractivity contribution is 0.918. The van der Waals surface area contributed by atoms with Crippen molar-refractivity contribution in [2.75, 3.05) is 5.73 Å². The number of benzene rings is 1. The van der Waals surface area contributed by atoms with Gasteiger partial charge in [0.2, 0.25) is 0 Å². The fourth-order valence-electron chi connectivity index (χ4n) is 1.80. The Balaban J connectivity index is 2.13. The van der Waals surface area contributed by atoms with E-state index in [1.165, 1.54) is 0 Å². The van der Waals surface area contributed by atoms with E-state index in [0.717, 1.165) is 17.2 Å². The summed E-state index contributed by atoms with van der Waals surface area (Å²) in [6.07, 6.45) is 5.22. The normalized spacial score (nSPS) is 10.4. The fourth-order valence-corrected chi connectivity index (χ4v) is 1.80. The molecule has 0 radical (unpaired) electrons. The first-order valence-electron chi connectivity index (χ1n) is 5.52. The molecule has 5 nitrogen and oxygen atoms in total. The summed E-state index contributed by atoms with van der Waals surface area (Å²) in [6, 6.07) is 11.3. The van der Waals surface area contributed by atoms with Crippen molar-refractivity contribution in [2.24, 2.45) is 0 Å². The van der Waals surface area contributed by atoms with E-state index in [-0.39, 0.29) is 0 Å². The number of rotatable bonds is 2. The topological polar surface area (TPSA) is 69.6 Å². The molecule has 0 unspecified atom stereocenters. The minimum absolute atomic E-state index is 0.709. The molecule has 2 aromatic heterocycles. The lowest BCUT2D eigenvalue weighted by Gasteiger charge is -2.06. The van der Waals surface area contributed by atoms with Gasteiger partial charge in [-0.15, -0.1) is 5.10 Å². The molecule has 0 amide bonds. The van der Waals surface area contributed by atoms with E-state index in [4.69, 9.17) is 5.73 Å². The van der Waals surface area contributed by atoms with Gasteiger partial charge in [0.1, 0.15) is 5.82 Å². The number of hydrogen-bond acceptors (Lipinski definition) is 4. The Bertz CT molecular complexity index is 660. The van der Waals surface area contributed by atoms with Crippen LogP contribution in [0.25, 0.3) is 17.2 Å². The SMILES string of the molecule is Nc1cccc(-c2nccn2-c2cccnn2)c1. The lowest BCUT2D eigenvalue weighted by Crippen LogP contribution is -2.00. The van der Waals surface area contributed by atoms with Crippen LogP contribution in [0, 0.1) is 0 Å². The van der Waals surface area contributed by atoms with Gasteiger partial charge in [-0.05, 0) is 24.3 Å². The predicted molar refractivity (Wildman–Crippen MR) is 69.0 cm³/mol. The van der Waals surface area contributed by atoms with Crippen molar-refractivity contribution in [3.8, 4) is 17.2 Å². The summed E-state index contributed by atoms with van der Waals surface area (Å²) in [5.74, 6) is 1.52. The van der Waals surface area contributed by atoms with Crippen LogP contribution in [-0.4, -0.2) is 19.7 Å². The number of nitrogens with zero attached hydrogens (tertiary/aromatic N) is 4. The standard InChI is InChI=1S/C13H11N5/c14-11-4-1-3-10(9-11)13-15-7-8-18(13)12-5-2-6-16-17-12/h1-9H,14H2. The van der Waals surface area contributed by atoms with Gasteiger partial charge in [-0.2, -0.15) is 5.10 Å². The van der Waals surface area contributed by atoms with Crippen LogP contribution in [0.3, 0.4) is 0 Å². The quantitative estimate of drug-likeness (QED) is 0.691. The number of imidazole rings is 1. The summed E-state index contributed by atoms with van der Waals surface area (Å²) < 4.78 is 1.88. The fraction of sp³-hybridized carbons (Fsp3) is 0. The summed E-state index contributed by atoms with van der Waals surface area (Å²) in [5.41, 5.74) is 7.45. The van der Waals surface area contributed by atoms with Gasteiger partial charge < -0.3 is 5.73 Å². The van der Waals surface area contributed by atoms with Crippen molar-refractivity contribution in [1.29, 1.82) is 0 Å². The highest BCUT2D eigenvalue weighted by Crippen LogP contribution is 2.21. The van der Waals surface area contributed by atoms with Crippen LogP contribution in [0.5, 0.6) is 0 Å². The van der Waals surface area contributed by atoms with Crippen LogP contribution < -0.4 is 5.73 Å². The molecule has 2 heterocycles. The third-order valence-electron chi connectivity index (χ3n) is 2.59. The molecule has 0 saturated carbocycles. The molecule has 0 bridgehead atoms. The van der Waals surface area contributed by atoms with Gasteiger partial charge in [0.25, 0.3) is 0 Å². The maximum atomic E-state index is 5.79. The molecular formula is C13H11N5. The summed E-state index contributed by atoms with van der Waals surface area (Å²) in [7, 11) is 0. The second kappa shape index (κ2) is 4.29. The van der Waals surface area contributed by atoms with Crippen molar-refractivity contribution in [3.63, 3.8) is 0 Å². The first-order chi connectivity index (χ1) is 8.84. The van der Waals surface area contributed by atoms with Crippen molar-refractivity contribution in [1.82, 2.24) is 19.7 Å². The molecule has 0 aliphatic rings. The lowest BCUT2D eigenvalue weighted by atomic mass is 10.2. The van der Waals surface area contributed by atoms with Gasteiger partial charge in [-0.1, -0.05) is 12.1 Å². The Labute approximate surface area is 104 Å². The number of anilines is 1. The van der Waals surface area contributed by atoms with Crippen molar-refractivity contribution in [2.45, 2.75) is 0 Å². The van der Waals surface area contributed by atoms with E-state index in [1.807, 2.05) is 47.2 Å². The van der Waals surface area contributed by atoms with Crippen molar-refractivity contribution >= 4 is 5.69 Å². The molecule has 0 saturated heterocycles. The molecule has 1 aromatic carbocycles. The van der Waals surface area contributed by atoms with Crippen molar-refractivity contribution < 1.29 is 0 Å². The molecule has 3 rings (SSSR count). The molecular weight excluding hydrogens is 226 g/mol. The molecule has 0 atom stereocenters. The van der Waals surface area contributed by atoms with Gasteiger partial charge >= 0.3 is 0 Å². The third-order valence-corrected chi connectivity index (χ3v) is 2.59. The minimum Gasteiger partial charge on any atom is -0.399 e. The molecule has 88 valence electrons. The zero-order valence-electron chi connectivity index (χ0n) is 9.56. The smallest absolute Gasteiger partial charge is 0.160 e. The molecule has 5 heteroatoms. The predicted octanol–water partition coefficient (Wildman–Crippen LogP) is 1.91. The molecule has 0 aliphatic heterocycles. The molecule has 3 aromatic rings. The molecule has 0 aliphatic carbocycles. The number of nitrogens with two attached hydrogens (primary N) is 1. The monoisotopic (exact) mass is 237 g/mol. The van der Waals surface area contributed by atoms with Gasteiger partial charge in [0.15, 0.2) is 5.82 Å². The molecule has 0 spiro atoms. The zero-order chi connectivity index (χ0) is 12.4. The average molecular weight is 237 g/mol. The Morgan fingerprint density at radius 3 is 2.78 bits per heavy atom. The van der Waals surface area contributed by atoms with Gasteiger partial charge in [0, 0.05) is 29.8 Å². The molecule has 18 heavy (non-hydrogen) atoms. The third kappa shape index (κ3) is 1.82. The number of aromatic nitrogens is 4.